The Labute approximate surface area is 164 Å². The Balaban J connectivity index is 1.64. The van der Waals surface area contributed by atoms with E-state index in [0.717, 1.165) is 23.6 Å². The van der Waals surface area contributed by atoms with Gasteiger partial charge in [0.05, 0.1) is 31.2 Å². The van der Waals surface area contributed by atoms with Crippen molar-refractivity contribution in [1.82, 2.24) is 14.8 Å². The molecular weight excluding hydrogens is 387 g/mol. The van der Waals surface area contributed by atoms with Crippen molar-refractivity contribution >= 4 is 5.97 Å². The second kappa shape index (κ2) is 8.34. The van der Waals surface area contributed by atoms with Crippen LogP contribution < -0.4 is 4.74 Å². The summed E-state index contributed by atoms with van der Waals surface area (Å²) in [6.07, 6.45) is -1.90. The van der Waals surface area contributed by atoms with Crippen molar-refractivity contribution in [2.24, 2.45) is 0 Å². The number of nitrogens with zero attached hydrogens (tertiary/aromatic N) is 3. The zero-order valence-electron chi connectivity index (χ0n) is 15.7. The van der Waals surface area contributed by atoms with Gasteiger partial charge in [-0.05, 0) is 36.8 Å². The Morgan fingerprint density at radius 3 is 2.41 bits per heavy atom. The average molecular weight is 405 g/mol. The summed E-state index contributed by atoms with van der Waals surface area (Å²) in [6.45, 7) is 1.79. The van der Waals surface area contributed by atoms with Crippen LogP contribution in [0.2, 0.25) is 0 Å². The number of carbonyl (C=O) groups is 1. The van der Waals surface area contributed by atoms with Crippen molar-refractivity contribution in [2.45, 2.75) is 19.5 Å². The van der Waals surface area contributed by atoms with Gasteiger partial charge in [0.2, 0.25) is 0 Å². The molecule has 3 aromatic rings. The topological polar surface area (TPSA) is 66.2 Å². The number of pyridine rings is 1. The van der Waals surface area contributed by atoms with Crippen LogP contribution in [0, 0.1) is 6.92 Å². The minimum absolute atomic E-state index is 0.174. The molecule has 6 nitrogen and oxygen atoms in total. The maximum absolute atomic E-state index is 12.7. The van der Waals surface area contributed by atoms with Crippen molar-refractivity contribution in [2.75, 3.05) is 13.7 Å². The Morgan fingerprint density at radius 2 is 1.83 bits per heavy atom. The normalized spacial score (nSPS) is 11.3. The van der Waals surface area contributed by atoms with Crippen LogP contribution in [-0.4, -0.2) is 34.5 Å². The van der Waals surface area contributed by atoms with E-state index < -0.39 is 17.7 Å². The zero-order valence-corrected chi connectivity index (χ0v) is 15.7. The number of ether oxygens (including phenoxy) is 2. The van der Waals surface area contributed by atoms with E-state index in [9.17, 15) is 18.0 Å². The molecule has 0 aliphatic heterocycles. The number of esters is 1. The molecule has 0 N–H and O–H groups in total. The van der Waals surface area contributed by atoms with E-state index in [4.69, 9.17) is 9.47 Å². The average Bonchev–Trinajstić information content (AvgIpc) is 3.09. The van der Waals surface area contributed by atoms with Gasteiger partial charge in [-0.15, -0.1) is 0 Å². The molecule has 152 valence electrons. The molecule has 9 heteroatoms. The highest BCUT2D eigenvalue weighted by Crippen LogP contribution is 2.28. The maximum atomic E-state index is 12.7. The van der Waals surface area contributed by atoms with Crippen molar-refractivity contribution in [3.8, 4) is 11.6 Å². The van der Waals surface area contributed by atoms with Gasteiger partial charge >= 0.3 is 12.1 Å². The lowest BCUT2D eigenvalue weighted by molar-refractivity contribution is -0.137. The van der Waals surface area contributed by atoms with Crippen molar-refractivity contribution in [1.29, 1.82) is 0 Å². The number of hydrogen-bond donors (Lipinski definition) is 0. The summed E-state index contributed by atoms with van der Waals surface area (Å²) in [6, 6.07) is 9.52. The van der Waals surface area contributed by atoms with Crippen LogP contribution in [0.5, 0.6) is 5.75 Å². The van der Waals surface area contributed by atoms with Crippen LogP contribution in [0.1, 0.15) is 27.2 Å². The molecule has 29 heavy (non-hydrogen) atoms. The zero-order chi connectivity index (χ0) is 21.0. The summed E-state index contributed by atoms with van der Waals surface area (Å²) in [5.74, 6) is 0.354. The fourth-order valence-electron chi connectivity index (χ4n) is 2.65. The summed E-state index contributed by atoms with van der Waals surface area (Å²) >= 11 is 0. The van der Waals surface area contributed by atoms with Gasteiger partial charge in [-0.25, -0.2) is 14.5 Å². The highest BCUT2D eigenvalue weighted by Gasteiger charge is 2.30. The number of alkyl halides is 3. The molecule has 0 spiro atoms. The Hall–Kier alpha value is -3.36. The van der Waals surface area contributed by atoms with Crippen LogP contribution in [0.3, 0.4) is 0 Å². The van der Waals surface area contributed by atoms with Crippen molar-refractivity contribution in [3.63, 3.8) is 0 Å². The van der Waals surface area contributed by atoms with E-state index in [-0.39, 0.29) is 18.0 Å². The van der Waals surface area contributed by atoms with Gasteiger partial charge in [0.25, 0.3) is 0 Å². The molecule has 0 atom stereocenters. The van der Waals surface area contributed by atoms with Gasteiger partial charge in [-0.3, -0.25) is 0 Å². The fraction of sp³-hybridized carbons (Fsp3) is 0.250. The number of rotatable bonds is 6. The van der Waals surface area contributed by atoms with Gasteiger partial charge in [0.1, 0.15) is 11.3 Å². The first-order valence-corrected chi connectivity index (χ1v) is 8.68. The predicted octanol–water partition coefficient (Wildman–Crippen LogP) is 4.00. The van der Waals surface area contributed by atoms with E-state index in [2.05, 4.69) is 10.1 Å². The second-order valence-electron chi connectivity index (χ2n) is 6.19. The van der Waals surface area contributed by atoms with E-state index in [0.29, 0.717) is 12.1 Å². The molecule has 0 amide bonds. The van der Waals surface area contributed by atoms with Crippen LogP contribution in [0.4, 0.5) is 13.2 Å². The van der Waals surface area contributed by atoms with Gasteiger partial charge in [-0.2, -0.15) is 18.3 Å². The number of carbonyl (C=O) groups excluding carboxylic acids is 1. The fourth-order valence-corrected chi connectivity index (χ4v) is 2.65. The molecule has 0 saturated carbocycles. The van der Waals surface area contributed by atoms with E-state index in [1.165, 1.54) is 16.9 Å². The first kappa shape index (κ1) is 20.4. The largest absolute Gasteiger partial charge is 0.497 e. The molecular formula is C20H18F3N3O3. The van der Waals surface area contributed by atoms with Crippen molar-refractivity contribution in [3.05, 3.63) is 71.2 Å². The molecule has 0 aliphatic rings. The van der Waals surface area contributed by atoms with Crippen LogP contribution >= 0.6 is 0 Å². The van der Waals surface area contributed by atoms with Gasteiger partial charge in [0.15, 0.2) is 5.82 Å². The SMILES string of the molecule is COc1ccc(CCOC(=O)c2cnn(-c3ccc(C(F)(F)F)cn3)c2C)cc1. The highest BCUT2D eigenvalue weighted by atomic mass is 19.4. The van der Waals surface area contributed by atoms with Gasteiger partial charge in [-0.1, -0.05) is 12.1 Å². The number of aromatic nitrogens is 3. The lowest BCUT2D eigenvalue weighted by atomic mass is 10.1. The molecule has 0 saturated heterocycles. The molecule has 2 aromatic heterocycles. The first-order chi connectivity index (χ1) is 13.8. The van der Waals surface area contributed by atoms with E-state index in [1.807, 2.05) is 24.3 Å². The molecule has 3 rings (SSSR count). The summed E-state index contributed by atoms with van der Waals surface area (Å²) < 4.78 is 49.7. The molecule has 0 unspecified atom stereocenters. The lowest BCUT2D eigenvalue weighted by Crippen LogP contribution is -2.10. The third kappa shape index (κ3) is 4.74. The molecule has 0 bridgehead atoms. The monoisotopic (exact) mass is 405 g/mol. The minimum atomic E-state index is -4.47. The van der Waals surface area contributed by atoms with E-state index >= 15 is 0 Å². The number of methoxy groups -OCH3 is 1. The second-order valence-corrected chi connectivity index (χ2v) is 6.19. The van der Waals surface area contributed by atoms with Gasteiger partial charge < -0.3 is 9.47 Å². The van der Waals surface area contributed by atoms with Gasteiger partial charge in [0, 0.05) is 12.6 Å². The lowest BCUT2D eigenvalue weighted by Gasteiger charge is -2.08. The first-order valence-electron chi connectivity index (χ1n) is 8.68. The quantitative estimate of drug-likeness (QED) is 0.580. The Morgan fingerprint density at radius 1 is 1.10 bits per heavy atom. The molecule has 1 aromatic carbocycles. The molecule has 0 radical (unpaired) electrons. The Bertz CT molecular complexity index is 981. The third-order valence-corrected chi connectivity index (χ3v) is 4.30. The molecule has 0 fully saturated rings. The minimum Gasteiger partial charge on any atom is -0.497 e. The summed E-state index contributed by atoms with van der Waals surface area (Å²) in [5.41, 5.74) is 0.775. The van der Waals surface area contributed by atoms with Crippen LogP contribution in [-0.2, 0) is 17.3 Å². The molecule has 0 aliphatic carbocycles. The Kier molecular flexibility index (Phi) is 5.86. The summed E-state index contributed by atoms with van der Waals surface area (Å²) in [7, 11) is 1.58. The van der Waals surface area contributed by atoms with E-state index in [1.54, 1.807) is 14.0 Å². The summed E-state index contributed by atoms with van der Waals surface area (Å²) in [5, 5.41) is 4.04. The number of benzene rings is 1. The van der Waals surface area contributed by atoms with Crippen LogP contribution in [0.25, 0.3) is 5.82 Å². The van der Waals surface area contributed by atoms with Crippen molar-refractivity contribution < 1.29 is 27.4 Å². The number of halogens is 3. The highest BCUT2D eigenvalue weighted by molar-refractivity contribution is 5.90. The van der Waals surface area contributed by atoms with Crippen LogP contribution in [0.15, 0.2) is 48.8 Å². The standard InChI is InChI=1S/C20H18F3N3O3/c1-13-17(19(27)29-10-9-14-3-6-16(28-2)7-4-14)12-25-26(13)18-8-5-15(11-24-18)20(21,22)23/h3-8,11-12H,9-10H2,1-2H3. The summed E-state index contributed by atoms with van der Waals surface area (Å²) in [4.78, 5) is 16.1. The third-order valence-electron chi connectivity index (χ3n) is 4.30. The maximum Gasteiger partial charge on any atom is 0.417 e. The molecule has 2 heterocycles. The number of hydrogen-bond acceptors (Lipinski definition) is 5. The predicted molar refractivity (Wildman–Crippen MR) is 98.1 cm³/mol. The smallest absolute Gasteiger partial charge is 0.417 e.